The van der Waals surface area contributed by atoms with Gasteiger partial charge < -0.3 is 15.4 Å². The summed E-state index contributed by atoms with van der Waals surface area (Å²) in [6.07, 6.45) is 1.05. The van der Waals surface area contributed by atoms with Crippen LogP contribution in [0.2, 0.25) is 0 Å². The summed E-state index contributed by atoms with van der Waals surface area (Å²) in [6.45, 7) is 6.19. The summed E-state index contributed by atoms with van der Waals surface area (Å²) in [6, 6.07) is 0.121. The maximum Gasteiger partial charge on any atom is 0.314 e. The van der Waals surface area contributed by atoms with Crippen molar-refractivity contribution < 1.29 is 9.53 Å². The van der Waals surface area contributed by atoms with Crippen molar-refractivity contribution >= 4 is 6.03 Å². The van der Waals surface area contributed by atoms with Gasteiger partial charge in [0, 0.05) is 25.1 Å². The minimum Gasteiger partial charge on any atom is -0.381 e. The number of carbonyl (C=O) groups excluding carboxylic acids is 1. The molecule has 1 rings (SSSR count). The van der Waals surface area contributed by atoms with Crippen LogP contribution in [0.5, 0.6) is 0 Å². The first kappa shape index (κ1) is 10.3. The van der Waals surface area contributed by atoms with Gasteiger partial charge in [0.15, 0.2) is 0 Å². The van der Waals surface area contributed by atoms with E-state index in [0.717, 1.165) is 19.6 Å². The molecule has 1 aliphatic rings. The minimum absolute atomic E-state index is 0.0816. The number of hydrogen-bond acceptors (Lipinski definition) is 2. The van der Waals surface area contributed by atoms with Gasteiger partial charge in [-0.05, 0) is 20.3 Å². The van der Waals surface area contributed by atoms with Crippen LogP contribution in [0.15, 0.2) is 0 Å². The van der Waals surface area contributed by atoms with Gasteiger partial charge in [0.25, 0.3) is 0 Å². The topological polar surface area (TPSA) is 50.4 Å². The predicted octanol–water partition coefficient (Wildman–Crippen LogP) is 0.730. The van der Waals surface area contributed by atoms with Crippen LogP contribution < -0.4 is 10.6 Å². The lowest BCUT2D eigenvalue weighted by molar-refractivity contribution is 0.178. The van der Waals surface area contributed by atoms with Crippen molar-refractivity contribution in [2.45, 2.75) is 26.3 Å². The summed E-state index contributed by atoms with van der Waals surface area (Å²) in [5, 5.41) is 5.60. The fraction of sp³-hybridized carbons (Fsp3) is 0.889. The molecule has 2 amide bonds. The molecular weight excluding hydrogens is 168 g/mol. The summed E-state index contributed by atoms with van der Waals surface area (Å²) < 4.78 is 5.25. The average Bonchev–Trinajstić information content (AvgIpc) is 2.55. The Morgan fingerprint density at radius 1 is 1.69 bits per heavy atom. The average molecular weight is 186 g/mol. The third-order valence-electron chi connectivity index (χ3n) is 2.37. The molecule has 2 unspecified atom stereocenters. The van der Waals surface area contributed by atoms with Gasteiger partial charge in [0.2, 0.25) is 0 Å². The lowest BCUT2D eigenvalue weighted by Crippen LogP contribution is -2.44. The van der Waals surface area contributed by atoms with E-state index in [4.69, 9.17) is 4.74 Å². The van der Waals surface area contributed by atoms with Crippen molar-refractivity contribution in [3.63, 3.8) is 0 Å². The molecule has 0 saturated carbocycles. The van der Waals surface area contributed by atoms with Crippen LogP contribution in [0.25, 0.3) is 0 Å². The first-order valence-electron chi connectivity index (χ1n) is 4.86. The second kappa shape index (κ2) is 5.07. The number of urea groups is 1. The van der Waals surface area contributed by atoms with Gasteiger partial charge in [0.05, 0.1) is 6.61 Å². The molecular formula is C9H18N2O2. The first-order valence-corrected chi connectivity index (χ1v) is 4.86. The fourth-order valence-corrected chi connectivity index (χ4v) is 1.48. The van der Waals surface area contributed by atoms with E-state index in [1.807, 2.05) is 13.8 Å². The molecule has 1 saturated heterocycles. The Hall–Kier alpha value is -0.770. The number of carbonyl (C=O) groups is 1. The summed E-state index contributed by atoms with van der Waals surface area (Å²) in [7, 11) is 0. The van der Waals surface area contributed by atoms with E-state index >= 15 is 0 Å². The fourth-order valence-electron chi connectivity index (χ4n) is 1.48. The highest BCUT2D eigenvalue weighted by Crippen LogP contribution is 2.15. The third-order valence-corrected chi connectivity index (χ3v) is 2.37. The Labute approximate surface area is 79.0 Å². The highest BCUT2D eigenvalue weighted by molar-refractivity contribution is 5.74. The second-order valence-corrected chi connectivity index (χ2v) is 3.42. The van der Waals surface area contributed by atoms with Gasteiger partial charge in [-0.3, -0.25) is 0 Å². The Morgan fingerprint density at radius 2 is 2.46 bits per heavy atom. The Bertz CT molecular complexity index is 167. The van der Waals surface area contributed by atoms with Crippen LogP contribution in [0.4, 0.5) is 4.79 Å². The molecule has 0 aliphatic carbocycles. The van der Waals surface area contributed by atoms with Crippen molar-refractivity contribution in [1.29, 1.82) is 0 Å². The van der Waals surface area contributed by atoms with Crippen molar-refractivity contribution in [3.05, 3.63) is 0 Å². The van der Waals surface area contributed by atoms with Crippen molar-refractivity contribution in [2.75, 3.05) is 19.8 Å². The van der Waals surface area contributed by atoms with Gasteiger partial charge in [0.1, 0.15) is 0 Å². The van der Waals surface area contributed by atoms with Crippen LogP contribution in [-0.4, -0.2) is 31.8 Å². The molecule has 1 heterocycles. The van der Waals surface area contributed by atoms with Gasteiger partial charge in [-0.15, -0.1) is 0 Å². The van der Waals surface area contributed by atoms with Crippen LogP contribution >= 0.6 is 0 Å². The number of amides is 2. The quantitative estimate of drug-likeness (QED) is 0.682. The second-order valence-electron chi connectivity index (χ2n) is 3.42. The predicted molar refractivity (Wildman–Crippen MR) is 50.6 cm³/mol. The van der Waals surface area contributed by atoms with E-state index in [-0.39, 0.29) is 12.1 Å². The molecule has 13 heavy (non-hydrogen) atoms. The van der Waals surface area contributed by atoms with Crippen molar-refractivity contribution in [3.8, 4) is 0 Å². The van der Waals surface area contributed by atoms with E-state index in [0.29, 0.717) is 12.5 Å². The lowest BCUT2D eigenvalue weighted by atomic mass is 10.0. The van der Waals surface area contributed by atoms with Gasteiger partial charge in [-0.2, -0.15) is 0 Å². The van der Waals surface area contributed by atoms with E-state index in [2.05, 4.69) is 10.6 Å². The normalized spacial score (nSPS) is 24.0. The first-order chi connectivity index (χ1) is 6.24. The van der Waals surface area contributed by atoms with E-state index in [1.165, 1.54) is 0 Å². The molecule has 0 aromatic heterocycles. The summed E-state index contributed by atoms with van der Waals surface area (Å²) in [5.41, 5.74) is 0. The molecule has 2 atom stereocenters. The standard InChI is InChI=1S/C9H18N2O2/c1-3-10-9(12)11-7(2)8-4-5-13-6-8/h7-8H,3-6H2,1-2H3,(H2,10,11,12). The minimum atomic E-state index is -0.0816. The maximum atomic E-state index is 11.1. The smallest absolute Gasteiger partial charge is 0.314 e. The Kier molecular flexibility index (Phi) is 4.02. The zero-order chi connectivity index (χ0) is 9.68. The summed E-state index contributed by atoms with van der Waals surface area (Å²) in [4.78, 5) is 11.1. The molecule has 4 heteroatoms. The van der Waals surface area contributed by atoms with Crippen LogP contribution in [0.1, 0.15) is 20.3 Å². The molecule has 0 aromatic carbocycles. The SMILES string of the molecule is CCNC(=O)NC(C)C1CCOC1. The number of ether oxygens (including phenoxy) is 1. The van der Waals surface area contributed by atoms with Crippen LogP contribution in [-0.2, 0) is 4.74 Å². The van der Waals surface area contributed by atoms with Gasteiger partial charge in [-0.1, -0.05) is 0 Å². The summed E-state index contributed by atoms with van der Waals surface area (Å²) in [5.74, 6) is 0.475. The molecule has 0 radical (unpaired) electrons. The number of hydrogen-bond donors (Lipinski definition) is 2. The van der Waals surface area contributed by atoms with Crippen LogP contribution in [0, 0.1) is 5.92 Å². The monoisotopic (exact) mass is 186 g/mol. The van der Waals surface area contributed by atoms with Gasteiger partial charge in [-0.25, -0.2) is 4.79 Å². The number of nitrogens with one attached hydrogen (secondary N) is 2. The van der Waals surface area contributed by atoms with Crippen LogP contribution in [0.3, 0.4) is 0 Å². The van der Waals surface area contributed by atoms with E-state index < -0.39 is 0 Å². The largest absolute Gasteiger partial charge is 0.381 e. The molecule has 4 nitrogen and oxygen atoms in total. The molecule has 1 fully saturated rings. The molecule has 76 valence electrons. The molecule has 0 spiro atoms. The van der Waals surface area contributed by atoms with Crippen molar-refractivity contribution in [2.24, 2.45) is 5.92 Å². The van der Waals surface area contributed by atoms with E-state index in [1.54, 1.807) is 0 Å². The zero-order valence-corrected chi connectivity index (χ0v) is 8.30. The number of rotatable bonds is 3. The third kappa shape index (κ3) is 3.22. The van der Waals surface area contributed by atoms with Gasteiger partial charge >= 0.3 is 6.03 Å². The molecule has 2 N–H and O–H groups in total. The summed E-state index contributed by atoms with van der Waals surface area (Å²) >= 11 is 0. The zero-order valence-electron chi connectivity index (χ0n) is 8.30. The molecule has 0 aromatic rings. The highest BCUT2D eigenvalue weighted by atomic mass is 16.5. The molecule has 1 aliphatic heterocycles. The Balaban J connectivity index is 2.22. The maximum absolute atomic E-state index is 11.1. The highest BCUT2D eigenvalue weighted by Gasteiger charge is 2.23. The lowest BCUT2D eigenvalue weighted by Gasteiger charge is -2.19. The molecule has 0 bridgehead atoms. The van der Waals surface area contributed by atoms with E-state index in [9.17, 15) is 4.79 Å². The van der Waals surface area contributed by atoms with Crippen molar-refractivity contribution in [1.82, 2.24) is 10.6 Å². The Morgan fingerprint density at radius 3 is 3.00 bits per heavy atom.